The van der Waals surface area contributed by atoms with Crippen molar-refractivity contribution in [3.05, 3.63) is 63.6 Å². The van der Waals surface area contributed by atoms with Crippen molar-refractivity contribution in [3.8, 4) is 5.75 Å². The quantitative estimate of drug-likeness (QED) is 0.894. The van der Waals surface area contributed by atoms with E-state index in [1.165, 1.54) is 30.3 Å². The van der Waals surface area contributed by atoms with Gasteiger partial charge in [0.25, 0.3) is 0 Å². The van der Waals surface area contributed by atoms with Crippen molar-refractivity contribution in [2.45, 2.75) is 19.6 Å². The molecule has 0 amide bonds. The summed E-state index contributed by atoms with van der Waals surface area (Å²) in [6.45, 7) is 1.65. The van der Waals surface area contributed by atoms with E-state index in [-0.39, 0.29) is 18.2 Å². The molecule has 0 aliphatic rings. The number of ether oxygens (including phenoxy) is 1. The van der Waals surface area contributed by atoms with Crippen LogP contribution in [0.1, 0.15) is 24.2 Å². The standard InChI is InChI=1S/C15H13BrF2O2/c1-9(19)14-3-2-12(17)7-15(14)20-8-10-4-11(16)6-13(18)5-10/h2-7,9,19H,8H2,1H3. The molecule has 0 aromatic heterocycles. The summed E-state index contributed by atoms with van der Waals surface area (Å²) in [6, 6.07) is 8.32. The van der Waals surface area contributed by atoms with Gasteiger partial charge in [0.15, 0.2) is 0 Å². The van der Waals surface area contributed by atoms with Crippen LogP contribution in [-0.2, 0) is 6.61 Å². The third-order valence-corrected chi connectivity index (χ3v) is 3.20. The van der Waals surface area contributed by atoms with Gasteiger partial charge in [-0.2, -0.15) is 0 Å². The molecule has 0 fully saturated rings. The maximum Gasteiger partial charge on any atom is 0.128 e. The van der Waals surface area contributed by atoms with Gasteiger partial charge >= 0.3 is 0 Å². The Hall–Kier alpha value is -1.46. The van der Waals surface area contributed by atoms with Crippen molar-refractivity contribution in [1.29, 1.82) is 0 Å². The molecule has 1 atom stereocenters. The van der Waals surface area contributed by atoms with Crippen LogP contribution in [-0.4, -0.2) is 5.11 Å². The smallest absolute Gasteiger partial charge is 0.128 e. The molecule has 0 spiro atoms. The molecule has 0 saturated carbocycles. The molecule has 106 valence electrons. The Bertz CT molecular complexity index is 595. The van der Waals surface area contributed by atoms with Crippen LogP contribution >= 0.6 is 15.9 Å². The molecule has 2 nitrogen and oxygen atoms in total. The number of aliphatic hydroxyl groups excluding tert-OH is 1. The lowest BCUT2D eigenvalue weighted by molar-refractivity contribution is 0.189. The van der Waals surface area contributed by atoms with Crippen molar-refractivity contribution in [2.24, 2.45) is 0 Å². The van der Waals surface area contributed by atoms with Crippen molar-refractivity contribution in [1.82, 2.24) is 0 Å². The molecule has 0 saturated heterocycles. The Morgan fingerprint density at radius 2 is 1.90 bits per heavy atom. The van der Waals surface area contributed by atoms with Gasteiger partial charge < -0.3 is 9.84 Å². The molecule has 5 heteroatoms. The van der Waals surface area contributed by atoms with E-state index in [1.807, 2.05) is 0 Å². The van der Waals surface area contributed by atoms with E-state index in [4.69, 9.17) is 4.74 Å². The minimum atomic E-state index is -0.773. The van der Waals surface area contributed by atoms with E-state index in [0.717, 1.165) is 0 Å². The Labute approximate surface area is 124 Å². The van der Waals surface area contributed by atoms with Crippen LogP contribution in [0.2, 0.25) is 0 Å². The van der Waals surface area contributed by atoms with Gasteiger partial charge in [-0.15, -0.1) is 0 Å². The molecule has 0 aliphatic carbocycles. The number of halogens is 3. The van der Waals surface area contributed by atoms with Gasteiger partial charge in [-0.25, -0.2) is 8.78 Å². The molecule has 0 aliphatic heterocycles. The Morgan fingerprint density at radius 1 is 1.15 bits per heavy atom. The second-order valence-electron chi connectivity index (χ2n) is 4.42. The predicted molar refractivity (Wildman–Crippen MR) is 75.5 cm³/mol. The van der Waals surface area contributed by atoms with E-state index >= 15 is 0 Å². The van der Waals surface area contributed by atoms with Gasteiger partial charge in [-0.1, -0.05) is 15.9 Å². The molecule has 1 N–H and O–H groups in total. The summed E-state index contributed by atoms with van der Waals surface area (Å²) in [5.74, 6) is -0.585. The molecule has 2 rings (SSSR count). The third kappa shape index (κ3) is 3.77. The van der Waals surface area contributed by atoms with E-state index < -0.39 is 11.9 Å². The largest absolute Gasteiger partial charge is 0.488 e. The first kappa shape index (κ1) is 14.9. The summed E-state index contributed by atoms with van der Waals surface area (Å²) in [6.07, 6.45) is -0.773. The van der Waals surface area contributed by atoms with Crippen molar-refractivity contribution >= 4 is 15.9 Å². The zero-order valence-electron chi connectivity index (χ0n) is 10.7. The van der Waals surface area contributed by atoms with Crippen LogP contribution < -0.4 is 4.74 Å². The van der Waals surface area contributed by atoms with Gasteiger partial charge in [0.1, 0.15) is 24.0 Å². The first-order valence-electron chi connectivity index (χ1n) is 6.01. The van der Waals surface area contributed by atoms with Gasteiger partial charge in [-0.05, 0) is 42.8 Å². The predicted octanol–water partition coefficient (Wildman–Crippen LogP) is 4.36. The number of benzene rings is 2. The summed E-state index contributed by atoms with van der Waals surface area (Å²) in [7, 11) is 0. The average Bonchev–Trinajstić information content (AvgIpc) is 2.35. The summed E-state index contributed by atoms with van der Waals surface area (Å²) in [5.41, 5.74) is 1.10. The normalized spacial score (nSPS) is 12.2. The molecule has 1 unspecified atom stereocenters. The molecule has 0 heterocycles. The monoisotopic (exact) mass is 342 g/mol. The second-order valence-corrected chi connectivity index (χ2v) is 5.34. The molecular weight excluding hydrogens is 330 g/mol. The highest BCUT2D eigenvalue weighted by atomic mass is 79.9. The Kier molecular flexibility index (Phi) is 4.73. The van der Waals surface area contributed by atoms with E-state index in [0.29, 0.717) is 15.6 Å². The lowest BCUT2D eigenvalue weighted by atomic mass is 10.1. The highest BCUT2D eigenvalue weighted by molar-refractivity contribution is 9.10. The Morgan fingerprint density at radius 3 is 2.55 bits per heavy atom. The maximum absolute atomic E-state index is 13.2. The van der Waals surface area contributed by atoms with Gasteiger partial charge in [0.2, 0.25) is 0 Å². The van der Waals surface area contributed by atoms with Crippen molar-refractivity contribution < 1.29 is 18.6 Å². The second kappa shape index (κ2) is 6.33. The van der Waals surface area contributed by atoms with Gasteiger partial charge in [0.05, 0.1) is 6.10 Å². The zero-order valence-corrected chi connectivity index (χ0v) is 12.3. The van der Waals surface area contributed by atoms with Crippen molar-refractivity contribution in [3.63, 3.8) is 0 Å². The number of rotatable bonds is 4. The summed E-state index contributed by atoms with van der Waals surface area (Å²) < 4.78 is 32.6. The molecule has 0 bridgehead atoms. The lowest BCUT2D eigenvalue weighted by Gasteiger charge is -2.13. The highest BCUT2D eigenvalue weighted by Crippen LogP contribution is 2.27. The molecule has 2 aromatic carbocycles. The lowest BCUT2D eigenvalue weighted by Crippen LogP contribution is -2.02. The topological polar surface area (TPSA) is 29.5 Å². The summed E-state index contributed by atoms with van der Waals surface area (Å²) in [5, 5.41) is 9.61. The zero-order chi connectivity index (χ0) is 14.7. The average molecular weight is 343 g/mol. The van der Waals surface area contributed by atoms with E-state index in [9.17, 15) is 13.9 Å². The molecule has 20 heavy (non-hydrogen) atoms. The van der Waals surface area contributed by atoms with E-state index in [1.54, 1.807) is 13.0 Å². The highest BCUT2D eigenvalue weighted by Gasteiger charge is 2.11. The first-order valence-corrected chi connectivity index (χ1v) is 6.80. The SMILES string of the molecule is CC(O)c1ccc(F)cc1OCc1cc(F)cc(Br)c1. The summed E-state index contributed by atoms with van der Waals surface area (Å²) >= 11 is 3.19. The van der Waals surface area contributed by atoms with Crippen LogP contribution in [0.3, 0.4) is 0 Å². The fraction of sp³-hybridized carbons (Fsp3) is 0.200. The van der Waals surface area contributed by atoms with Crippen LogP contribution in [0.15, 0.2) is 40.9 Å². The van der Waals surface area contributed by atoms with Gasteiger partial charge in [0, 0.05) is 16.1 Å². The molecule has 2 aromatic rings. The maximum atomic E-state index is 13.2. The van der Waals surface area contributed by atoms with Crippen LogP contribution in [0.25, 0.3) is 0 Å². The van der Waals surface area contributed by atoms with Crippen molar-refractivity contribution in [2.75, 3.05) is 0 Å². The minimum absolute atomic E-state index is 0.0829. The Balaban J connectivity index is 2.20. The molecule has 0 radical (unpaired) electrons. The first-order chi connectivity index (χ1) is 9.45. The molecular formula is C15H13BrF2O2. The third-order valence-electron chi connectivity index (χ3n) is 2.74. The number of aliphatic hydroxyl groups is 1. The fourth-order valence-electron chi connectivity index (χ4n) is 1.83. The minimum Gasteiger partial charge on any atom is -0.488 e. The van der Waals surface area contributed by atoms with E-state index in [2.05, 4.69) is 15.9 Å². The van der Waals surface area contributed by atoms with Crippen LogP contribution in [0.4, 0.5) is 8.78 Å². The van der Waals surface area contributed by atoms with Crippen LogP contribution in [0, 0.1) is 11.6 Å². The van der Waals surface area contributed by atoms with Gasteiger partial charge in [-0.3, -0.25) is 0 Å². The number of hydrogen-bond donors (Lipinski definition) is 1. The fourth-order valence-corrected chi connectivity index (χ4v) is 2.35. The van der Waals surface area contributed by atoms with Crippen LogP contribution in [0.5, 0.6) is 5.75 Å². The summed E-state index contributed by atoms with van der Waals surface area (Å²) in [4.78, 5) is 0. The number of hydrogen-bond acceptors (Lipinski definition) is 2.